The molecule has 168 valence electrons. The van der Waals surface area contributed by atoms with Gasteiger partial charge in [0.15, 0.2) is 17.2 Å². The fourth-order valence-corrected chi connectivity index (χ4v) is 2.82. The minimum Gasteiger partial charge on any atom is -0.493 e. The SMILES string of the molecule is COc1ccc(-c2ccc(=O)n(CC(=O)Nc3ccccc3OC(F)(F)F)n2)cc1OC. The molecular weight excluding hydrogens is 431 g/mol. The number of alkyl halides is 3. The van der Waals surface area contributed by atoms with Gasteiger partial charge in [0.25, 0.3) is 5.56 Å². The summed E-state index contributed by atoms with van der Waals surface area (Å²) in [6.45, 7) is -0.527. The number of benzene rings is 2. The van der Waals surface area contributed by atoms with Crippen LogP contribution in [0.15, 0.2) is 59.4 Å². The number of rotatable bonds is 7. The molecule has 0 unspecified atom stereocenters. The van der Waals surface area contributed by atoms with Gasteiger partial charge in [-0.2, -0.15) is 5.10 Å². The summed E-state index contributed by atoms with van der Waals surface area (Å²) < 4.78 is 52.9. The number of aromatic nitrogens is 2. The van der Waals surface area contributed by atoms with Gasteiger partial charge in [0, 0.05) is 11.6 Å². The van der Waals surface area contributed by atoms with Crippen LogP contribution in [-0.2, 0) is 11.3 Å². The third-order valence-corrected chi connectivity index (χ3v) is 4.23. The molecule has 32 heavy (non-hydrogen) atoms. The van der Waals surface area contributed by atoms with E-state index in [2.05, 4.69) is 15.2 Å². The van der Waals surface area contributed by atoms with E-state index in [4.69, 9.17) is 9.47 Å². The van der Waals surface area contributed by atoms with Crippen LogP contribution in [0.3, 0.4) is 0 Å². The maximum atomic E-state index is 12.6. The van der Waals surface area contributed by atoms with Crippen LogP contribution in [0.4, 0.5) is 18.9 Å². The highest BCUT2D eigenvalue weighted by Gasteiger charge is 2.32. The van der Waals surface area contributed by atoms with Gasteiger partial charge < -0.3 is 19.5 Å². The molecule has 0 bridgehead atoms. The molecule has 0 atom stereocenters. The van der Waals surface area contributed by atoms with Crippen LogP contribution in [0, 0.1) is 0 Å². The molecule has 3 aromatic rings. The third-order valence-electron chi connectivity index (χ3n) is 4.23. The van der Waals surface area contributed by atoms with Gasteiger partial charge in [-0.1, -0.05) is 12.1 Å². The second kappa shape index (κ2) is 9.41. The van der Waals surface area contributed by atoms with Crippen molar-refractivity contribution in [2.75, 3.05) is 19.5 Å². The minimum atomic E-state index is -4.92. The highest BCUT2D eigenvalue weighted by atomic mass is 19.4. The number of hydrogen-bond acceptors (Lipinski definition) is 6. The number of carbonyl (C=O) groups excluding carboxylic acids is 1. The number of halogens is 3. The highest BCUT2D eigenvalue weighted by Crippen LogP contribution is 2.31. The molecule has 0 saturated heterocycles. The maximum Gasteiger partial charge on any atom is 0.573 e. The van der Waals surface area contributed by atoms with E-state index in [-0.39, 0.29) is 5.69 Å². The molecule has 0 spiro atoms. The molecule has 8 nitrogen and oxygen atoms in total. The first-order valence-corrected chi connectivity index (χ1v) is 9.15. The lowest BCUT2D eigenvalue weighted by Gasteiger charge is -2.14. The van der Waals surface area contributed by atoms with Crippen molar-refractivity contribution < 1.29 is 32.2 Å². The van der Waals surface area contributed by atoms with Crippen LogP contribution >= 0.6 is 0 Å². The van der Waals surface area contributed by atoms with Crippen molar-refractivity contribution in [2.45, 2.75) is 12.9 Å². The van der Waals surface area contributed by atoms with Gasteiger partial charge >= 0.3 is 6.36 Å². The second-order valence-corrected chi connectivity index (χ2v) is 6.38. The number of amides is 1. The Morgan fingerprint density at radius 2 is 1.72 bits per heavy atom. The molecule has 0 aliphatic heterocycles. The molecule has 0 fully saturated rings. The molecule has 1 heterocycles. The van der Waals surface area contributed by atoms with Gasteiger partial charge in [0.05, 0.1) is 25.6 Å². The van der Waals surface area contributed by atoms with Crippen LogP contribution in [0.25, 0.3) is 11.3 Å². The van der Waals surface area contributed by atoms with Gasteiger partial charge in [-0.25, -0.2) is 4.68 Å². The lowest BCUT2D eigenvalue weighted by atomic mass is 10.1. The van der Waals surface area contributed by atoms with Crippen molar-refractivity contribution in [3.05, 3.63) is 65.0 Å². The molecule has 1 N–H and O–H groups in total. The normalized spacial score (nSPS) is 11.0. The smallest absolute Gasteiger partial charge is 0.493 e. The van der Waals surface area contributed by atoms with E-state index in [1.165, 1.54) is 44.6 Å². The fraction of sp³-hybridized carbons (Fsp3) is 0.190. The Balaban J connectivity index is 1.82. The average molecular weight is 449 g/mol. The molecule has 11 heteroatoms. The molecule has 0 aliphatic rings. The van der Waals surface area contributed by atoms with E-state index in [0.29, 0.717) is 22.8 Å². The van der Waals surface area contributed by atoms with E-state index >= 15 is 0 Å². The van der Waals surface area contributed by atoms with Gasteiger partial charge in [-0.15, -0.1) is 13.2 Å². The Morgan fingerprint density at radius 1 is 1.00 bits per heavy atom. The first kappa shape index (κ1) is 22.7. The van der Waals surface area contributed by atoms with Crippen molar-refractivity contribution >= 4 is 11.6 Å². The van der Waals surface area contributed by atoms with Crippen LogP contribution in [0.2, 0.25) is 0 Å². The zero-order chi connectivity index (χ0) is 23.3. The van der Waals surface area contributed by atoms with Crippen LogP contribution in [0.1, 0.15) is 0 Å². The molecule has 2 aromatic carbocycles. The largest absolute Gasteiger partial charge is 0.573 e. The fourth-order valence-electron chi connectivity index (χ4n) is 2.82. The summed E-state index contributed by atoms with van der Waals surface area (Å²) in [5.41, 5.74) is 0.211. The topological polar surface area (TPSA) is 91.7 Å². The van der Waals surface area contributed by atoms with E-state index in [1.54, 1.807) is 18.2 Å². The van der Waals surface area contributed by atoms with Crippen LogP contribution < -0.4 is 25.1 Å². The predicted molar refractivity (Wildman–Crippen MR) is 109 cm³/mol. The summed E-state index contributed by atoms with van der Waals surface area (Å²) in [7, 11) is 2.97. The molecule has 0 radical (unpaired) electrons. The van der Waals surface area contributed by atoms with E-state index in [0.717, 1.165) is 10.7 Å². The summed E-state index contributed by atoms with van der Waals surface area (Å²) in [4.78, 5) is 24.6. The average Bonchev–Trinajstić information content (AvgIpc) is 2.75. The molecule has 0 saturated carbocycles. The summed E-state index contributed by atoms with van der Waals surface area (Å²) >= 11 is 0. The van der Waals surface area contributed by atoms with Gasteiger partial charge in [0.1, 0.15) is 6.54 Å². The van der Waals surface area contributed by atoms with Crippen LogP contribution in [-0.4, -0.2) is 36.3 Å². The van der Waals surface area contributed by atoms with Crippen molar-refractivity contribution in [1.82, 2.24) is 9.78 Å². The Labute approximate surface area is 180 Å². The molecule has 1 aromatic heterocycles. The number of nitrogens with one attached hydrogen (secondary N) is 1. The first-order chi connectivity index (χ1) is 15.2. The van der Waals surface area contributed by atoms with Crippen molar-refractivity contribution in [3.63, 3.8) is 0 Å². The second-order valence-electron chi connectivity index (χ2n) is 6.38. The van der Waals surface area contributed by atoms with Gasteiger partial charge in [-0.3, -0.25) is 9.59 Å². The molecule has 3 rings (SSSR count). The quantitative estimate of drug-likeness (QED) is 0.594. The monoisotopic (exact) mass is 449 g/mol. The number of nitrogens with zero attached hydrogens (tertiary/aromatic N) is 2. The number of carbonyl (C=O) groups is 1. The van der Waals surface area contributed by atoms with E-state index in [9.17, 15) is 22.8 Å². The van der Waals surface area contributed by atoms with Gasteiger partial charge in [0.2, 0.25) is 5.91 Å². The first-order valence-electron chi connectivity index (χ1n) is 9.15. The lowest BCUT2D eigenvalue weighted by Crippen LogP contribution is -2.29. The van der Waals surface area contributed by atoms with Crippen molar-refractivity contribution in [1.29, 1.82) is 0 Å². The summed E-state index contributed by atoms with van der Waals surface area (Å²) in [6.07, 6.45) is -4.92. The predicted octanol–water partition coefficient (Wildman–Crippen LogP) is 3.46. The Bertz CT molecular complexity index is 1180. The number of hydrogen-bond donors (Lipinski definition) is 1. The Morgan fingerprint density at radius 3 is 2.41 bits per heavy atom. The standard InChI is InChI=1S/C21H18F3N3O5/c1-30-17-9-7-13(11-18(17)31-2)14-8-10-20(29)27(26-14)12-19(28)25-15-5-3-4-6-16(15)32-21(22,23)24/h3-11H,12H2,1-2H3,(H,25,28). The number of para-hydroxylation sites is 2. The molecule has 0 aliphatic carbocycles. The van der Waals surface area contributed by atoms with E-state index in [1.807, 2.05) is 0 Å². The molecule has 1 amide bonds. The van der Waals surface area contributed by atoms with Crippen molar-refractivity contribution in [2.24, 2.45) is 0 Å². The summed E-state index contributed by atoms with van der Waals surface area (Å²) in [6, 6.07) is 12.8. The number of methoxy groups -OCH3 is 2. The van der Waals surface area contributed by atoms with E-state index < -0.39 is 30.1 Å². The highest BCUT2D eigenvalue weighted by molar-refractivity contribution is 5.92. The zero-order valence-corrected chi connectivity index (χ0v) is 17.0. The molecular formula is C21H18F3N3O5. The lowest BCUT2D eigenvalue weighted by molar-refractivity contribution is -0.274. The Hall–Kier alpha value is -4.02. The third kappa shape index (κ3) is 5.56. The number of anilines is 1. The maximum absolute atomic E-state index is 12.6. The van der Waals surface area contributed by atoms with Gasteiger partial charge in [-0.05, 0) is 36.4 Å². The summed E-state index contributed by atoms with van der Waals surface area (Å²) in [5.74, 6) is -0.387. The zero-order valence-electron chi connectivity index (χ0n) is 17.0. The Kier molecular flexibility index (Phi) is 6.67. The van der Waals surface area contributed by atoms with Crippen LogP contribution in [0.5, 0.6) is 17.2 Å². The summed E-state index contributed by atoms with van der Waals surface area (Å²) in [5, 5.41) is 6.47. The van der Waals surface area contributed by atoms with Crippen molar-refractivity contribution in [3.8, 4) is 28.5 Å². The minimum absolute atomic E-state index is 0.195. The number of ether oxygens (including phenoxy) is 3.